The Morgan fingerprint density at radius 3 is 2.53 bits per heavy atom. The van der Waals surface area contributed by atoms with Crippen molar-refractivity contribution < 1.29 is 23.4 Å². The molecule has 1 aromatic carbocycles. The van der Waals surface area contributed by atoms with Crippen molar-refractivity contribution in [3.63, 3.8) is 0 Å². The topological polar surface area (TPSA) is 54.0 Å². The predicted octanol–water partition coefficient (Wildman–Crippen LogP) is 4.74. The molecule has 0 amide bonds. The zero-order chi connectivity index (χ0) is 21.8. The first kappa shape index (κ1) is 20.5. The van der Waals surface area contributed by atoms with Gasteiger partial charge >= 0.3 is 5.97 Å². The molecule has 0 aromatic heterocycles. The number of carbonyl (C=O) groups is 1. The molecular formula is C24H34O5Si. The first-order valence-electron chi connectivity index (χ1n) is 11.1. The number of rotatable bonds is 4. The fourth-order valence-corrected chi connectivity index (χ4v) is 7.24. The number of methoxy groups -OCH3 is 1. The summed E-state index contributed by atoms with van der Waals surface area (Å²) >= 11 is 0. The van der Waals surface area contributed by atoms with Gasteiger partial charge in [-0.3, -0.25) is 4.79 Å². The lowest BCUT2D eigenvalue weighted by Gasteiger charge is -2.56. The van der Waals surface area contributed by atoms with Crippen molar-refractivity contribution in [3.05, 3.63) is 28.8 Å². The van der Waals surface area contributed by atoms with Gasteiger partial charge in [0.25, 0.3) is 0 Å². The SMILES string of the molecule is COc1cc(C)c2c(c1)C1C3[C@H]4OC(=O)[C@]1(CO[Si](C)(C)C(C)(C)C)[C@@H](C)C4O[C@@H]23. The standard InChI is InChI=1S/C24H34O5Si/c1-12-9-14(26-6)10-15-16(12)20-17-18(15)24(11-27-30(7,8)23(3,4)5)13(2)19(28-20)21(17)29-22(24)25/h9-10,13,17-21H,11H2,1-8H3/t13-,17?,18?,19?,20-,21+,24+/m0/s1. The fourth-order valence-electron chi connectivity index (χ4n) is 6.20. The zero-order valence-corrected chi connectivity index (χ0v) is 20.4. The molecule has 6 rings (SSSR count). The minimum absolute atomic E-state index is 0.00352. The summed E-state index contributed by atoms with van der Waals surface area (Å²) in [6, 6.07) is 4.20. The van der Waals surface area contributed by atoms with Gasteiger partial charge in [0, 0.05) is 17.8 Å². The number of aryl methyl sites for hydroxylation is 1. The van der Waals surface area contributed by atoms with E-state index < -0.39 is 13.7 Å². The van der Waals surface area contributed by atoms with E-state index in [0.717, 1.165) is 5.75 Å². The third-order valence-corrected chi connectivity index (χ3v) is 13.4. The molecule has 6 heteroatoms. The molecule has 7 atom stereocenters. The van der Waals surface area contributed by atoms with E-state index >= 15 is 0 Å². The number of fused-ring (bicyclic) bond motifs is 3. The van der Waals surface area contributed by atoms with Gasteiger partial charge in [-0.1, -0.05) is 27.7 Å². The van der Waals surface area contributed by atoms with Crippen molar-refractivity contribution in [2.45, 2.75) is 77.0 Å². The molecule has 1 aromatic rings. The number of carbonyl (C=O) groups excluding carboxylic acids is 1. The lowest BCUT2D eigenvalue weighted by Crippen LogP contribution is -2.66. The number of esters is 1. The van der Waals surface area contributed by atoms with Crippen molar-refractivity contribution >= 4 is 14.3 Å². The number of ether oxygens (including phenoxy) is 3. The predicted molar refractivity (Wildman–Crippen MR) is 116 cm³/mol. The molecular weight excluding hydrogens is 396 g/mol. The highest BCUT2D eigenvalue weighted by Gasteiger charge is 2.76. The van der Waals surface area contributed by atoms with Crippen LogP contribution < -0.4 is 4.74 Å². The van der Waals surface area contributed by atoms with E-state index in [-0.39, 0.29) is 47.1 Å². The highest BCUT2D eigenvalue weighted by Crippen LogP contribution is 2.71. The quantitative estimate of drug-likeness (QED) is 0.510. The van der Waals surface area contributed by atoms with Crippen molar-refractivity contribution in [1.29, 1.82) is 0 Å². The second-order valence-corrected chi connectivity index (χ2v) is 16.1. The molecule has 0 radical (unpaired) electrons. The second kappa shape index (κ2) is 6.11. The van der Waals surface area contributed by atoms with Crippen molar-refractivity contribution in [1.82, 2.24) is 0 Å². The van der Waals surface area contributed by atoms with Crippen LogP contribution in [0, 0.1) is 24.2 Å². The Hall–Kier alpha value is -1.37. The lowest BCUT2D eigenvalue weighted by molar-refractivity contribution is -0.218. The maximum absolute atomic E-state index is 13.5. The number of hydrogen-bond acceptors (Lipinski definition) is 5. The van der Waals surface area contributed by atoms with E-state index in [9.17, 15) is 4.79 Å². The van der Waals surface area contributed by atoms with E-state index in [1.54, 1.807) is 7.11 Å². The van der Waals surface area contributed by atoms with Gasteiger partial charge in [0.2, 0.25) is 0 Å². The molecule has 0 spiro atoms. The van der Waals surface area contributed by atoms with E-state index in [4.69, 9.17) is 18.6 Å². The lowest BCUT2D eigenvalue weighted by atomic mass is 9.54. The van der Waals surface area contributed by atoms with Crippen LogP contribution in [0.5, 0.6) is 5.75 Å². The molecule has 4 bridgehead atoms. The normalized spacial score (nSPS) is 38.6. The van der Waals surface area contributed by atoms with Crippen LogP contribution in [0.4, 0.5) is 0 Å². The molecule has 1 saturated carbocycles. The third kappa shape index (κ3) is 2.33. The maximum atomic E-state index is 13.5. The Morgan fingerprint density at radius 2 is 1.90 bits per heavy atom. The van der Waals surface area contributed by atoms with Gasteiger partial charge in [0.1, 0.15) is 17.3 Å². The van der Waals surface area contributed by atoms with Crippen molar-refractivity contribution in [2.75, 3.05) is 13.7 Å². The second-order valence-electron chi connectivity index (χ2n) is 11.3. The van der Waals surface area contributed by atoms with Crippen LogP contribution >= 0.6 is 0 Å². The monoisotopic (exact) mass is 430 g/mol. The first-order chi connectivity index (χ1) is 13.9. The van der Waals surface area contributed by atoms with E-state index in [2.05, 4.69) is 59.8 Å². The van der Waals surface area contributed by atoms with Crippen LogP contribution in [-0.4, -0.2) is 40.2 Å². The molecule has 3 heterocycles. The van der Waals surface area contributed by atoms with Gasteiger partial charge in [-0.2, -0.15) is 0 Å². The minimum atomic E-state index is -2.04. The summed E-state index contributed by atoms with van der Waals surface area (Å²) in [5, 5.41) is 0.0774. The van der Waals surface area contributed by atoms with Gasteiger partial charge < -0.3 is 18.6 Å². The van der Waals surface area contributed by atoms with Gasteiger partial charge in [-0.05, 0) is 53.9 Å². The maximum Gasteiger partial charge on any atom is 0.315 e. The molecule has 3 saturated heterocycles. The summed E-state index contributed by atoms with van der Waals surface area (Å²) in [4.78, 5) is 13.5. The van der Waals surface area contributed by atoms with E-state index in [1.165, 1.54) is 16.7 Å². The average Bonchev–Trinajstić information content (AvgIpc) is 3.14. The molecule has 4 fully saturated rings. The molecule has 3 aliphatic heterocycles. The summed E-state index contributed by atoms with van der Waals surface area (Å²) in [6.45, 7) is 15.9. The van der Waals surface area contributed by atoms with Crippen LogP contribution in [0.2, 0.25) is 18.1 Å². The van der Waals surface area contributed by atoms with E-state index in [0.29, 0.717) is 6.61 Å². The van der Waals surface area contributed by atoms with Crippen molar-refractivity contribution in [3.8, 4) is 5.75 Å². The van der Waals surface area contributed by atoms with E-state index in [1.807, 2.05) is 0 Å². The van der Waals surface area contributed by atoms with Crippen LogP contribution in [0.1, 0.15) is 56.4 Å². The summed E-state index contributed by atoms with van der Waals surface area (Å²) in [5.41, 5.74) is 2.90. The Balaban J connectivity index is 1.65. The minimum Gasteiger partial charge on any atom is -0.497 e. The summed E-state index contributed by atoms with van der Waals surface area (Å²) in [7, 11) is -0.342. The van der Waals surface area contributed by atoms with Gasteiger partial charge in [-0.25, -0.2) is 0 Å². The number of hydrogen-bond donors (Lipinski definition) is 0. The van der Waals surface area contributed by atoms with Gasteiger partial charge in [0.15, 0.2) is 8.32 Å². The fraction of sp³-hybridized carbons (Fsp3) is 0.708. The highest BCUT2D eigenvalue weighted by atomic mass is 28.4. The largest absolute Gasteiger partial charge is 0.497 e. The van der Waals surface area contributed by atoms with Crippen LogP contribution in [0.25, 0.3) is 0 Å². The molecule has 2 aliphatic carbocycles. The van der Waals surface area contributed by atoms with Crippen molar-refractivity contribution in [2.24, 2.45) is 17.3 Å². The summed E-state index contributed by atoms with van der Waals surface area (Å²) in [6.07, 6.45) is -0.210. The Kier molecular flexibility index (Phi) is 4.18. The molecule has 5 nitrogen and oxygen atoms in total. The van der Waals surface area contributed by atoms with Crippen LogP contribution in [0.3, 0.4) is 0 Å². The zero-order valence-electron chi connectivity index (χ0n) is 19.4. The van der Waals surface area contributed by atoms with Crippen LogP contribution in [0.15, 0.2) is 12.1 Å². The third-order valence-electron chi connectivity index (χ3n) is 8.95. The number of benzene rings is 1. The first-order valence-corrected chi connectivity index (χ1v) is 14.0. The van der Waals surface area contributed by atoms with Gasteiger partial charge in [0.05, 0.1) is 25.9 Å². The molecule has 0 N–H and O–H groups in total. The molecule has 30 heavy (non-hydrogen) atoms. The van der Waals surface area contributed by atoms with Gasteiger partial charge in [-0.15, -0.1) is 0 Å². The molecule has 5 aliphatic rings. The summed E-state index contributed by atoms with van der Waals surface area (Å²) < 4.78 is 25.0. The Bertz CT molecular complexity index is 919. The summed E-state index contributed by atoms with van der Waals surface area (Å²) in [5.74, 6) is 1.02. The Labute approximate surface area is 180 Å². The highest BCUT2D eigenvalue weighted by molar-refractivity contribution is 6.74. The molecule has 164 valence electrons. The Morgan fingerprint density at radius 1 is 1.20 bits per heavy atom. The smallest absolute Gasteiger partial charge is 0.315 e. The van der Waals surface area contributed by atoms with Crippen LogP contribution in [-0.2, 0) is 18.7 Å². The molecule has 3 unspecified atom stereocenters. The average molecular weight is 431 g/mol.